The standard InChI is InChI=1S/C14H17N3O2/c18-14(17-7-5-15-6-8-17)4-2-11-1-3-13-12(9-11)16-10-19-13/h1,3,9-10,15H,2,4-8H2. The summed E-state index contributed by atoms with van der Waals surface area (Å²) in [6, 6.07) is 5.90. The van der Waals surface area contributed by atoms with Crippen molar-refractivity contribution in [2.75, 3.05) is 26.2 Å². The molecule has 1 aliphatic heterocycles. The van der Waals surface area contributed by atoms with Crippen LogP contribution in [-0.2, 0) is 11.2 Å². The van der Waals surface area contributed by atoms with Crippen LogP contribution in [0.5, 0.6) is 0 Å². The highest BCUT2D eigenvalue weighted by atomic mass is 16.3. The van der Waals surface area contributed by atoms with E-state index in [4.69, 9.17) is 4.42 Å². The molecule has 1 fully saturated rings. The first-order valence-electron chi connectivity index (χ1n) is 6.63. The molecule has 2 aromatic rings. The van der Waals surface area contributed by atoms with Gasteiger partial charge in [-0.1, -0.05) is 6.07 Å². The molecule has 0 radical (unpaired) electrons. The summed E-state index contributed by atoms with van der Waals surface area (Å²) < 4.78 is 5.20. The van der Waals surface area contributed by atoms with Gasteiger partial charge in [0, 0.05) is 32.6 Å². The van der Waals surface area contributed by atoms with Crippen molar-refractivity contribution in [1.82, 2.24) is 15.2 Å². The SMILES string of the molecule is O=C(CCc1ccc2ocnc2c1)N1CCNCC1. The fourth-order valence-electron chi connectivity index (χ4n) is 2.38. The average molecular weight is 259 g/mol. The van der Waals surface area contributed by atoms with Gasteiger partial charge in [-0.15, -0.1) is 0 Å². The normalized spacial score (nSPS) is 15.9. The number of nitrogens with one attached hydrogen (secondary N) is 1. The van der Waals surface area contributed by atoms with Crippen molar-refractivity contribution in [2.45, 2.75) is 12.8 Å². The summed E-state index contributed by atoms with van der Waals surface area (Å²) in [6.07, 6.45) is 2.76. The van der Waals surface area contributed by atoms with Gasteiger partial charge >= 0.3 is 0 Å². The summed E-state index contributed by atoms with van der Waals surface area (Å²) in [7, 11) is 0. The van der Waals surface area contributed by atoms with Gasteiger partial charge in [-0.05, 0) is 24.1 Å². The number of piperazine rings is 1. The van der Waals surface area contributed by atoms with E-state index < -0.39 is 0 Å². The lowest BCUT2D eigenvalue weighted by Gasteiger charge is -2.27. The van der Waals surface area contributed by atoms with E-state index in [1.807, 2.05) is 23.1 Å². The number of aryl methyl sites for hydroxylation is 1. The van der Waals surface area contributed by atoms with Crippen LogP contribution in [0.3, 0.4) is 0 Å². The number of hydrogen-bond donors (Lipinski definition) is 1. The molecule has 0 bridgehead atoms. The first kappa shape index (κ1) is 12.2. The number of aromatic nitrogens is 1. The van der Waals surface area contributed by atoms with Crippen LogP contribution < -0.4 is 5.32 Å². The summed E-state index contributed by atoms with van der Waals surface area (Å²) in [5, 5.41) is 3.25. The molecule has 100 valence electrons. The lowest BCUT2D eigenvalue weighted by molar-refractivity contribution is -0.131. The second-order valence-electron chi connectivity index (χ2n) is 4.79. The summed E-state index contributed by atoms with van der Waals surface area (Å²) in [5.41, 5.74) is 2.77. The molecular formula is C14H17N3O2. The van der Waals surface area contributed by atoms with Crippen LogP contribution >= 0.6 is 0 Å². The predicted molar refractivity (Wildman–Crippen MR) is 71.8 cm³/mol. The minimum absolute atomic E-state index is 0.238. The van der Waals surface area contributed by atoms with Crippen LogP contribution in [0.1, 0.15) is 12.0 Å². The molecule has 0 aliphatic carbocycles. The maximum Gasteiger partial charge on any atom is 0.222 e. The Morgan fingerprint density at radius 3 is 3.05 bits per heavy atom. The Labute approximate surface area is 111 Å². The zero-order valence-electron chi connectivity index (χ0n) is 10.8. The van der Waals surface area contributed by atoms with Gasteiger partial charge in [-0.2, -0.15) is 0 Å². The van der Waals surface area contributed by atoms with Gasteiger partial charge in [-0.25, -0.2) is 4.98 Å². The zero-order chi connectivity index (χ0) is 13.1. The molecule has 1 aromatic carbocycles. The summed E-state index contributed by atoms with van der Waals surface area (Å²) in [5.74, 6) is 0.238. The molecular weight excluding hydrogens is 242 g/mol. The molecule has 2 heterocycles. The number of oxazole rings is 1. The van der Waals surface area contributed by atoms with Crippen LogP contribution in [0.4, 0.5) is 0 Å². The van der Waals surface area contributed by atoms with Crippen molar-refractivity contribution in [3.63, 3.8) is 0 Å². The zero-order valence-corrected chi connectivity index (χ0v) is 10.8. The topological polar surface area (TPSA) is 58.4 Å². The Balaban J connectivity index is 1.60. The molecule has 5 heteroatoms. The number of carbonyl (C=O) groups is 1. The third-order valence-corrected chi connectivity index (χ3v) is 3.49. The summed E-state index contributed by atoms with van der Waals surface area (Å²) >= 11 is 0. The van der Waals surface area contributed by atoms with Gasteiger partial charge in [0.25, 0.3) is 0 Å². The molecule has 0 spiro atoms. The Hall–Kier alpha value is -1.88. The van der Waals surface area contributed by atoms with E-state index >= 15 is 0 Å². The van der Waals surface area contributed by atoms with Crippen LogP contribution in [0.2, 0.25) is 0 Å². The van der Waals surface area contributed by atoms with E-state index in [2.05, 4.69) is 10.3 Å². The Bertz CT molecular complexity index is 573. The predicted octanol–water partition coefficient (Wildman–Crippen LogP) is 1.19. The third-order valence-electron chi connectivity index (χ3n) is 3.49. The number of nitrogens with zero attached hydrogens (tertiary/aromatic N) is 2. The first-order valence-corrected chi connectivity index (χ1v) is 6.63. The lowest BCUT2D eigenvalue weighted by atomic mass is 10.1. The fourth-order valence-corrected chi connectivity index (χ4v) is 2.38. The number of hydrogen-bond acceptors (Lipinski definition) is 4. The Morgan fingerprint density at radius 1 is 1.37 bits per heavy atom. The molecule has 0 saturated carbocycles. The van der Waals surface area contributed by atoms with Gasteiger partial charge in [0.2, 0.25) is 5.91 Å². The van der Waals surface area contributed by atoms with Crippen molar-refractivity contribution >= 4 is 17.0 Å². The molecule has 1 aromatic heterocycles. The first-order chi connectivity index (χ1) is 9.33. The van der Waals surface area contributed by atoms with E-state index in [-0.39, 0.29) is 5.91 Å². The molecule has 1 aliphatic rings. The molecule has 0 unspecified atom stereocenters. The average Bonchev–Trinajstić information content (AvgIpc) is 2.93. The highest BCUT2D eigenvalue weighted by Gasteiger charge is 2.15. The van der Waals surface area contributed by atoms with Crippen molar-refractivity contribution < 1.29 is 9.21 Å². The van der Waals surface area contributed by atoms with Crippen LogP contribution in [0.15, 0.2) is 29.0 Å². The van der Waals surface area contributed by atoms with Crippen LogP contribution in [0.25, 0.3) is 11.1 Å². The van der Waals surface area contributed by atoms with E-state index in [0.717, 1.165) is 49.3 Å². The maximum absolute atomic E-state index is 12.0. The molecule has 3 rings (SSSR count). The minimum atomic E-state index is 0.238. The quantitative estimate of drug-likeness (QED) is 0.899. The van der Waals surface area contributed by atoms with Crippen molar-refractivity contribution in [2.24, 2.45) is 0 Å². The second-order valence-corrected chi connectivity index (χ2v) is 4.79. The Kier molecular flexibility index (Phi) is 3.46. The molecule has 1 saturated heterocycles. The van der Waals surface area contributed by atoms with Crippen molar-refractivity contribution in [3.8, 4) is 0 Å². The van der Waals surface area contributed by atoms with Gasteiger partial charge in [0.1, 0.15) is 5.52 Å². The Morgan fingerprint density at radius 2 is 2.21 bits per heavy atom. The monoisotopic (exact) mass is 259 g/mol. The van der Waals surface area contributed by atoms with Crippen LogP contribution in [0, 0.1) is 0 Å². The smallest absolute Gasteiger partial charge is 0.222 e. The number of carbonyl (C=O) groups excluding carboxylic acids is 1. The largest absolute Gasteiger partial charge is 0.443 e. The van der Waals surface area contributed by atoms with Gasteiger partial charge < -0.3 is 14.6 Å². The van der Waals surface area contributed by atoms with E-state index in [9.17, 15) is 4.79 Å². The molecule has 0 atom stereocenters. The van der Waals surface area contributed by atoms with Gasteiger partial charge in [0.15, 0.2) is 12.0 Å². The number of fused-ring (bicyclic) bond motifs is 1. The van der Waals surface area contributed by atoms with Crippen molar-refractivity contribution in [1.29, 1.82) is 0 Å². The number of amides is 1. The molecule has 5 nitrogen and oxygen atoms in total. The van der Waals surface area contributed by atoms with Crippen LogP contribution in [-0.4, -0.2) is 42.0 Å². The van der Waals surface area contributed by atoms with Crippen molar-refractivity contribution in [3.05, 3.63) is 30.2 Å². The third kappa shape index (κ3) is 2.76. The second kappa shape index (κ2) is 5.40. The summed E-state index contributed by atoms with van der Waals surface area (Å²) in [4.78, 5) is 18.1. The van der Waals surface area contributed by atoms with E-state index in [1.165, 1.54) is 6.39 Å². The number of benzene rings is 1. The maximum atomic E-state index is 12.0. The molecule has 1 amide bonds. The molecule has 19 heavy (non-hydrogen) atoms. The fraction of sp³-hybridized carbons (Fsp3) is 0.429. The molecule has 1 N–H and O–H groups in total. The summed E-state index contributed by atoms with van der Waals surface area (Å²) in [6.45, 7) is 3.44. The lowest BCUT2D eigenvalue weighted by Crippen LogP contribution is -2.46. The van der Waals surface area contributed by atoms with Gasteiger partial charge in [0.05, 0.1) is 0 Å². The van der Waals surface area contributed by atoms with E-state index in [0.29, 0.717) is 6.42 Å². The number of rotatable bonds is 3. The van der Waals surface area contributed by atoms with E-state index in [1.54, 1.807) is 0 Å². The highest BCUT2D eigenvalue weighted by Crippen LogP contribution is 2.15. The highest BCUT2D eigenvalue weighted by molar-refractivity contribution is 5.77. The minimum Gasteiger partial charge on any atom is -0.443 e. The van der Waals surface area contributed by atoms with Gasteiger partial charge in [-0.3, -0.25) is 4.79 Å².